The SMILES string of the molecule is CNc1cc(-n2ncc3ccccc32)nn2c(C(=O)NC#N)cnc12. The second kappa shape index (κ2) is 5.61. The fourth-order valence-electron chi connectivity index (χ4n) is 2.67. The maximum atomic E-state index is 12.1. The van der Waals surface area contributed by atoms with Gasteiger partial charge in [0.25, 0.3) is 5.91 Å². The Balaban J connectivity index is 1.97. The molecule has 0 spiro atoms. The molecular formula is C16H12N8O. The minimum Gasteiger partial charge on any atom is -0.385 e. The number of carbonyl (C=O) groups is 1. The summed E-state index contributed by atoms with van der Waals surface area (Å²) < 4.78 is 3.08. The van der Waals surface area contributed by atoms with E-state index in [2.05, 4.69) is 25.8 Å². The van der Waals surface area contributed by atoms with Crippen molar-refractivity contribution in [2.75, 3.05) is 12.4 Å². The van der Waals surface area contributed by atoms with E-state index in [9.17, 15) is 4.79 Å². The Labute approximate surface area is 141 Å². The molecule has 0 radical (unpaired) electrons. The summed E-state index contributed by atoms with van der Waals surface area (Å²) in [6.45, 7) is 0. The number of hydrogen-bond donors (Lipinski definition) is 2. The maximum Gasteiger partial charge on any atom is 0.284 e. The summed E-state index contributed by atoms with van der Waals surface area (Å²) in [6.07, 6.45) is 4.74. The predicted octanol–water partition coefficient (Wildman–Crippen LogP) is 1.32. The number of amides is 1. The maximum absolute atomic E-state index is 12.1. The first kappa shape index (κ1) is 14.6. The normalized spacial score (nSPS) is 10.7. The second-order valence-corrected chi connectivity index (χ2v) is 5.23. The number of para-hydroxylation sites is 1. The Kier molecular flexibility index (Phi) is 3.29. The Morgan fingerprint density at radius 3 is 2.92 bits per heavy atom. The van der Waals surface area contributed by atoms with Crippen molar-refractivity contribution < 1.29 is 4.79 Å². The van der Waals surface area contributed by atoms with Crippen LogP contribution in [-0.2, 0) is 0 Å². The molecule has 0 aliphatic heterocycles. The van der Waals surface area contributed by atoms with Crippen LogP contribution >= 0.6 is 0 Å². The van der Waals surface area contributed by atoms with Gasteiger partial charge in [-0.25, -0.2) is 14.2 Å². The lowest BCUT2D eigenvalue weighted by Gasteiger charge is -2.08. The molecule has 0 bridgehead atoms. The molecule has 122 valence electrons. The van der Waals surface area contributed by atoms with Crippen LogP contribution < -0.4 is 10.6 Å². The highest BCUT2D eigenvalue weighted by Gasteiger charge is 2.17. The van der Waals surface area contributed by atoms with Gasteiger partial charge in [0.05, 0.1) is 23.6 Å². The van der Waals surface area contributed by atoms with Crippen LogP contribution in [0, 0.1) is 11.5 Å². The van der Waals surface area contributed by atoms with Gasteiger partial charge in [-0.3, -0.25) is 10.1 Å². The van der Waals surface area contributed by atoms with Crippen LogP contribution in [0.2, 0.25) is 0 Å². The van der Waals surface area contributed by atoms with Crippen LogP contribution in [-0.4, -0.2) is 37.3 Å². The highest BCUT2D eigenvalue weighted by atomic mass is 16.1. The zero-order valence-electron chi connectivity index (χ0n) is 13.1. The minimum atomic E-state index is -0.577. The van der Waals surface area contributed by atoms with E-state index in [1.54, 1.807) is 30.2 Å². The van der Waals surface area contributed by atoms with E-state index in [0.717, 1.165) is 10.9 Å². The standard InChI is InChI=1S/C16H12N8O/c1-18-11-6-14(23-12-5-3-2-4-10(12)7-21-23)22-24-13(8-19-15(11)24)16(25)20-9-17/h2-8,18H,1H3,(H,20,25). The molecule has 9 heteroatoms. The van der Waals surface area contributed by atoms with E-state index < -0.39 is 5.91 Å². The van der Waals surface area contributed by atoms with Crippen molar-refractivity contribution in [2.24, 2.45) is 0 Å². The highest BCUT2D eigenvalue weighted by Crippen LogP contribution is 2.22. The fraction of sp³-hybridized carbons (Fsp3) is 0.0625. The van der Waals surface area contributed by atoms with Gasteiger partial charge in [0.1, 0.15) is 0 Å². The zero-order chi connectivity index (χ0) is 17.4. The molecule has 2 N–H and O–H groups in total. The second-order valence-electron chi connectivity index (χ2n) is 5.23. The van der Waals surface area contributed by atoms with Crippen molar-refractivity contribution in [3.8, 4) is 12.0 Å². The molecule has 25 heavy (non-hydrogen) atoms. The van der Waals surface area contributed by atoms with Gasteiger partial charge in [0.15, 0.2) is 23.4 Å². The molecule has 4 rings (SSSR count). The number of carbonyl (C=O) groups excluding carboxylic acids is 1. The van der Waals surface area contributed by atoms with Crippen molar-refractivity contribution in [3.05, 3.63) is 48.4 Å². The number of hydrogen-bond acceptors (Lipinski definition) is 6. The van der Waals surface area contributed by atoms with Crippen LogP contribution in [0.5, 0.6) is 0 Å². The van der Waals surface area contributed by atoms with Gasteiger partial charge in [-0.05, 0) is 6.07 Å². The molecule has 3 aromatic heterocycles. The van der Waals surface area contributed by atoms with Gasteiger partial charge in [-0.2, -0.15) is 10.4 Å². The highest BCUT2D eigenvalue weighted by molar-refractivity contribution is 5.94. The monoisotopic (exact) mass is 332 g/mol. The van der Waals surface area contributed by atoms with Gasteiger partial charge in [-0.1, -0.05) is 18.2 Å². The van der Waals surface area contributed by atoms with Crippen molar-refractivity contribution in [3.63, 3.8) is 0 Å². The van der Waals surface area contributed by atoms with E-state index >= 15 is 0 Å². The molecule has 0 aliphatic rings. The summed E-state index contributed by atoms with van der Waals surface area (Å²) in [4.78, 5) is 16.3. The third-order valence-electron chi connectivity index (χ3n) is 3.82. The van der Waals surface area contributed by atoms with E-state index in [1.807, 2.05) is 24.3 Å². The fourth-order valence-corrected chi connectivity index (χ4v) is 2.67. The number of rotatable bonds is 3. The molecule has 0 saturated carbocycles. The average molecular weight is 332 g/mol. The minimum absolute atomic E-state index is 0.159. The number of nitrogens with zero attached hydrogens (tertiary/aromatic N) is 6. The average Bonchev–Trinajstić information content (AvgIpc) is 3.25. The summed E-state index contributed by atoms with van der Waals surface area (Å²) in [7, 11) is 1.75. The van der Waals surface area contributed by atoms with Gasteiger partial charge >= 0.3 is 0 Å². The Morgan fingerprint density at radius 1 is 1.28 bits per heavy atom. The number of nitrogens with one attached hydrogen (secondary N) is 2. The van der Waals surface area contributed by atoms with Crippen LogP contribution in [0.4, 0.5) is 5.69 Å². The lowest BCUT2D eigenvalue weighted by atomic mass is 10.2. The third kappa shape index (κ3) is 2.24. The molecule has 0 unspecified atom stereocenters. The smallest absolute Gasteiger partial charge is 0.284 e. The summed E-state index contributed by atoms with van der Waals surface area (Å²) in [6, 6.07) is 9.54. The summed E-state index contributed by atoms with van der Waals surface area (Å²) in [5.41, 5.74) is 2.21. The molecule has 4 aromatic rings. The van der Waals surface area contributed by atoms with E-state index in [-0.39, 0.29) is 5.69 Å². The molecule has 1 amide bonds. The van der Waals surface area contributed by atoms with Gasteiger partial charge < -0.3 is 5.32 Å². The summed E-state index contributed by atoms with van der Waals surface area (Å²) >= 11 is 0. The quantitative estimate of drug-likeness (QED) is 0.432. The van der Waals surface area contributed by atoms with Gasteiger partial charge in [0, 0.05) is 18.5 Å². The molecular weight excluding hydrogens is 320 g/mol. The number of nitriles is 1. The molecule has 0 aliphatic carbocycles. The van der Waals surface area contributed by atoms with E-state index in [0.29, 0.717) is 17.2 Å². The molecule has 0 fully saturated rings. The topological polar surface area (TPSA) is 113 Å². The summed E-state index contributed by atoms with van der Waals surface area (Å²) in [5, 5.41) is 23.6. The Morgan fingerprint density at radius 2 is 2.12 bits per heavy atom. The Hall–Kier alpha value is -3.93. The largest absolute Gasteiger partial charge is 0.385 e. The van der Waals surface area contributed by atoms with Crippen LogP contribution in [0.3, 0.4) is 0 Å². The van der Waals surface area contributed by atoms with Crippen molar-refractivity contribution in [1.29, 1.82) is 5.26 Å². The number of anilines is 1. The lowest BCUT2D eigenvalue weighted by molar-refractivity contribution is 0.0966. The number of benzene rings is 1. The van der Waals surface area contributed by atoms with Crippen LogP contribution in [0.1, 0.15) is 10.5 Å². The first-order chi connectivity index (χ1) is 12.2. The number of fused-ring (bicyclic) bond motifs is 2. The lowest BCUT2D eigenvalue weighted by Crippen LogP contribution is -2.20. The zero-order valence-corrected chi connectivity index (χ0v) is 13.1. The van der Waals surface area contributed by atoms with Gasteiger partial charge in [-0.15, -0.1) is 5.10 Å². The number of imidazole rings is 1. The van der Waals surface area contributed by atoms with Gasteiger partial charge in [0.2, 0.25) is 0 Å². The van der Waals surface area contributed by atoms with Crippen molar-refractivity contribution in [1.82, 2.24) is 29.7 Å². The third-order valence-corrected chi connectivity index (χ3v) is 3.82. The molecule has 0 atom stereocenters. The van der Waals surface area contributed by atoms with Crippen LogP contribution in [0.25, 0.3) is 22.4 Å². The summed E-state index contributed by atoms with van der Waals surface area (Å²) in [5.74, 6) is -0.0610. The molecule has 3 heterocycles. The Bertz CT molecular complexity index is 1150. The predicted molar refractivity (Wildman–Crippen MR) is 90.2 cm³/mol. The van der Waals surface area contributed by atoms with Crippen molar-refractivity contribution in [2.45, 2.75) is 0 Å². The molecule has 9 nitrogen and oxygen atoms in total. The van der Waals surface area contributed by atoms with E-state index in [1.165, 1.54) is 10.7 Å². The van der Waals surface area contributed by atoms with E-state index in [4.69, 9.17) is 5.26 Å². The van der Waals surface area contributed by atoms with Crippen LogP contribution in [0.15, 0.2) is 42.7 Å². The number of aromatic nitrogens is 5. The van der Waals surface area contributed by atoms with Crippen molar-refractivity contribution >= 4 is 28.1 Å². The first-order valence-corrected chi connectivity index (χ1v) is 7.42. The molecule has 1 aromatic carbocycles. The molecule has 0 saturated heterocycles. The first-order valence-electron chi connectivity index (χ1n) is 7.42.